The second kappa shape index (κ2) is 8.82. The summed E-state index contributed by atoms with van der Waals surface area (Å²) >= 11 is 0. The number of ether oxygens (including phenoxy) is 3. The van der Waals surface area contributed by atoms with Gasteiger partial charge in [-0.05, 0) is 32.0 Å². The Morgan fingerprint density at radius 2 is 1.65 bits per heavy atom. The molecule has 20 heavy (non-hydrogen) atoms. The molecule has 1 rings (SSSR count). The molecule has 1 aromatic carbocycles. The van der Waals surface area contributed by atoms with Crippen molar-refractivity contribution in [3.8, 4) is 11.5 Å². The quantitative estimate of drug-likeness (QED) is 0.754. The second-order valence-electron chi connectivity index (χ2n) is 4.51. The highest BCUT2D eigenvalue weighted by Gasteiger charge is 2.27. The van der Waals surface area contributed by atoms with Gasteiger partial charge in [0.05, 0.1) is 31.9 Å². The summed E-state index contributed by atoms with van der Waals surface area (Å²) in [6.45, 7) is 7.79. The summed E-state index contributed by atoms with van der Waals surface area (Å²) in [6, 6.07) is 5.91. The highest BCUT2D eigenvalue weighted by molar-refractivity contribution is 5.47. The Labute approximate surface area is 122 Å². The van der Waals surface area contributed by atoms with Crippen LogP contribution in [-0.2, 0) is 4.74 Å². The third-order valence-electron chi connectivity index (χ3n) is 3.36. The molecular formula is C16H27NO3. The Kier molecular flexibility index (Phi) is 7.41. The third kappa shape index (κ3) is 3.87. The van der Waals surface area contributed by atoms with Crippen LogP contribution in [0.2, 0.25) is 0 Å². The zero-order valence-corrected chi connectivity index (χ0v) is 13.2. The van der Waals surface area contributed by atoms with E-state index in [0.29, 0.717) is 6.61 Å². The van der Waals surface area contributed by atoms with Gasteiger partial charge < -0.3 is 19.5 Å². The molecule has 0 radical (unpaired) electrons. The zero-order valence-electron chi connectivity index (χ0n) is 13.2. The molecule has 1 aromatic rings. The molecule has 0 aliphatic rings. The first-order chi connectivity index (χ1) is 9.73. The van der Waals surface area contributed by atoms with Crippen molar-refractivity contribution in [3.63, 3.8) is 0 Å². The minimum atomic E-state index is 0.0519. The standard InChI is InChI=1S/C16H27NO3/c1-6-12(20-8-3)16(17-7-2)15-13(18-4)10-9-11-14(15)19-5/h9-12,16-17H,6-8H2,1-5H3. The summed E-state index contributed by atoms with van der Waals surface area (Å²) in [6.07, 6.45) is 1.01. The van der Waals surface area contributed by atoms with E-state index in [1.165, 1.54) is 0 Å². The van der Waals surface area contributed by atoms with Gasteiger partial charge >= 0.3 is 0 Å². The maximum absolute atomic E-state index is 5.89. The first-order valence-corrected chi connectivity index (χ1v) is 7.29. The van der Waals surface area contributed by atoms with E-state index in [2.05, 4.69) is 19.2 Å². The van der Waals surface area contributed by atoms with Crippen molar-refractivity contribution in [3.05, 3.63) is 23.8 Å². The molecule has 2 unspecified atom stereocenters. The van der Waals surface area contributed by atoms with Gasteiger partial charge in [-0.15, -0.1) is 0 Å². The highest BCUT2D eigenvalue weighted by atomic mass is 16.5. The van der Waals surface area contributed by atoms with Crippen LogP contribution in [0.3, 0.4) is 0 Å². The van der Waals surface area contributed by atoms with Crippen molar-refractivity contribution in [2.24, 2.45) is 0 Å². The summed E-state index contributed by atoms with van der Waals surface area (Å²) in [5, 5.41) is 3.50. The van der Waals surface area contributed by atoms with Crippen molar-refractivity contribution in [1.29, 1.82) is 0 Å². The molecule has 0 saturated heterocycles. The zero-order chi connectivity index (χ0) is 15.0. The fourth-order valence-electron chi connectivity index (χ4n) is 2.49. The monoisotopic (exact) mass is 281 g/mol. The molecule has 114 valence electrons. The van der Waals surface area contributed by atoms with Crippen LogP contribution >= 0.6 is 0 Å². The Morgan fingerprint density at radius 3 is 2.05 bits per heavy atom. The predicted octanol–water partition coefficient (Wildman–Crippen LogP) is 3.17. The number of nitrogens with one attached hydrogen (secondary N) is 1. The van der Waals surface area contributed by atoms with Crippen LogP contribution in [0.4, 0.5) is 0 Å². The number of hydrogen-bond donors (Lipinski definition) is 1. The molecule has 4 heteroatoms. The molecule has 0 aliphatic carbocycles. The van der Waals surface area contributed by atoms with E-state index in [1.807, 2.05) is 25.1 Å². The maximum Gasteiger partial charge on any atom is 0.127 e. The van der Waals surface area contributed by atoms with E-state index in [-0.39, 0.29) is 12.1 Å². The predicted molar refractivity (Wildman–Crippen MR) is 81.7 cm³/mol. The molecule has 0 fully saturated rings. The fourth-order valence-corrected chi connectivity index (χ4v) is 2.49. The lowest BCUT2D eigenvalue weighted by Gasteiger charge is -2.29. The molecule has 0 saturated carbocycles. The SMILES string of the molecule is CCNC(c1c(OC)cccc1OC)C(CC)OCC. The number of rotatable bonds is 9. The smallest absolute Gasteiger partial charge is 0.127 e. The minimum Gasteiger partial charge on any atom is -0.496 e. The van der Waals surface area contributed by atoms with Crippen molar-refractivity contribution in [2.45, 2.75) is 39.3 Å². The molecule has 0 bridgehead atoms. The normalized spacial score (nSPS) is 13.8. The molecule has 2 atom stereocenters. The number of methoxy groups -OCH3 is 2. The molecule has 4 nitrogen and oxygen atoms in total. The van der Waals surface area contributed by atoms with Crippen LogP contribution in [0, 0.1) is 0 Å². The number of benzene rings is 1. The summed E-state index contributed by atoms with van der Waals surface area (Å²) in [5.41, 5.74) is 1.03. The van der Waals surface area contributed by atoms with Crippen LogP contribution in [-0.4, -0.2) is 33.5 Å². The average molecular weight is 281 g/mol. The first-order valence-electron chi connectivity index (χ1n) is 7.29. The van der Waals surface area contributed by atoms with Crippen molar-refractivity contribution in [1.82, 2.24) is 5.32 Å². The lowest BCUT2D eigenvalue weighted by molar-refractivity contribution is 0.0306. The van der Waals surface area contributed by atoms with Gasteiger partial charge in [-0.3, -0.25) is 0 Å². The lowest BCUT2D eigenvalue weighted by Crippen LogP contribution is -2.34. The second-order valence-corrected chi connectivity index (χ2v) is 4.51. The van der Waals surface area contributed by atoms with E-state index in [9.17, 15) is 0 Å². The van der Waals surface area contributed by atoms with E-state index in [0.717, 1.165) is 30.0 Å². The van der Waals surface area contributed by atoms with Crippen LogP contribution in [0.25, 0.3) is 0 Å². The minimum absolute atomic E-state index is 0.0519. The third-order valence-corrected chi connectivity index (χ3v) is 3.36. The van der Waals surface area contributed by atoms with Crippen LogP contribution in [0.5, 0.6) is 11.5 Å². The molecule has 0 amide bonds. The fraction of sp³-hybridized carbons (Fsp3) is 0.625. The molecule has 0 aromatic heterocycles. The maximum atomic E-state index is 5.89. The van der Waals surface area contributed by atoms with Crippen LogP contribution in [0.15, 0.2) is 18.2 Å². The lowest BCUT2D eigenvalue weighted by atomic mass is 9.97. The van der Waals surface area contributed by atoms with Gasteiger partial charge in [-0.25, -0.2) is 0 Å². The van der Waals surface area contributed by atoms with Crippen molar-refractivity contribution >= 4 is 0 Å². The van der Waals surface area contributed by atoms with Gasteiger partial charge in [-0.1, -0.05) is 19.9 Å². The number of hydrogen-bond acceptors (Lipinski definition) is 4. The van der Waals surface area contributed by atoms with Gasteiger partial charge in [0, 0.05) is 6.61 Å². The van der Waals surface area contributed by atoms with Crippen molar-refractivity contribution in [2.75, 3.05) is 27.4 Å². The van der Waals surface area contributed by atoms with E-state index in [4.69, 9.17) is 14.2 Å². The first kappa shape index (κ1) is 16.8. The van der Waals surface area contributed by atoms with Crippen molar-refractivity contribution < 1.29 is 14.2 Å². The number of likely N-dealkylation sites (N-methyl/N-ethyl adjacent to an activating group) is 1. The van der Waals surface area contributed by atoms with E-state index in [1.54, 1.807) is 14.2 Å². The topological polar surface area (TPSA) is 39.7 Å². The summed E-state index contributed by atoms with van der Waals surface area (Å²) in [7, 11) is 3.37. The summed E-state index contributed by atoms with van der Waals surface area (Å²) in [4.78, 5) is 0. The largest absolute Gasteiger partial charge is 0.496 e. The average Bonchev–Trinajstić information content (AvgIpc) is 2.49. The van der Waals surface area contributed by atoms with Gasteiger partial charge in [0.1, 0.15) is 11.5 Å². The summed E-state index contributed by atoms with van der Waals surface area (Å²) < 4.78 is 16.9. The molecular weight excluding hydrogens is 254 g/mol. The summed E-state index contributed by atoms with van der Waals surface area (Å²) in [5.74, 6) is 1.65. The molecule has 0 heterocycles. The molecule has 0 aliphatic heterocycles. The molecule has 1 N–H and O–H groups in total. The van der Waals surface area contributed by atoms with E-state index < -0.39 is 0 Å². The molecule has 0 spiro atoms. The Bertz CT molecular complexity index is 373. The van der Waals surface area contributed by atoms with Gasteiger partial charge in [-0.2, -0.15) is 0 Å². The van der Waals surface area contributed by atoms with Gasteiger partial charge in [0.15, 0.2) is 0 Å². The van der Waals surface area contributed by atoms with Crippen LogP contribution in [0.1, 0.15) is 38.8 Å². The van der Waals surface area contributed by atoms with E-state index >= 15 is 0 Å². The Balaban J connectivity index is 3.24. The Hall–Kier alpha value is -1.26. The van der Waals surface area contributed by atoms with Gasteiger partial charge in [0.2, 0.25) is 0 Å². The van der Waals surface area contributed by atoms with Gasteiger partial charge in [0.25, 0.3) is 0 Å². The van der Waals surface area contributed by atoms with Crippen LogP contribution < -0.4 is 14.8 Å². The highest BCUT2D eigenvalue weighted by Crippen LogP contribution is 2.37. The Morgan fingerprint density at radius 1 is 1.05 bits per heavy atom.